The Kier molecular flexibility index (Phi) is 6.55. The number of para-hydroxylation sites is 1. The lowest BCUT2D eigenvalue weighted by atomic mass is 10.1. The van der Waals surface area contributed by atoms with Gasteiger partial charge in [-0.25, -0.2) is 8.42 Å². The molecular weight excluding hydrogens is 450 g/mol. The Balaban J connectivity index is 1.80. The van der Waals surface area contributed by atoms with Gasteiger partial charge in [-0.1, -0.05) is 35.9 Å². The minimum Gasteiger partial charge on any atom is -0.495 e. The summed E-state index contributed by atoms with van der Waals surface area (Å²) in [5, 5.41) is 8.42. The lowest BCUT2D eigenvalue weighted by Gasteiger charge is -2.19. The molecule has 7 nitrogen and oxygen atoms in total. The normalized spacial score (nSPS) is 17.4. The Morgan fingerprint density at radius 3 is 2.72 bits per heavy atom. The minimum absolute atomic E-state index is 0.242. The van der Waals surface area contributed by atoms with Crippen molar-refractivity contribution in [3.8, 4) is 11.4 Å². The van der Waals surface area contributed by atoms with E-state index < -0.39 is 15.1 Å². The Morgan fingerprint density at radius 1 is 1.25 bits per heavy atom. The highest BCUT2D eigenvalue weighted by atomic mass is 35.5. The molecule has 0 spiro atoms. The smallest absolute Gasteiger partial charge is 0.167 e. The fourth-order valence-corrected chi connectivity index (χ4v) is 5.57. The molecule has 0 radical (unpaired) electrons. The fraction of sp³-hybridized carbons (Fsp3) is 0.391. The Morgan fingerprint density at radius 2 is 2.03 bits per heavy atom. The maximum absolute atomic E-state index is 13.4. The van der Waals surface area contributed by atoms with Crippen molar-refractivity contribution in [2.75, 3.05) is 13.7 Å². The molecule has 1 saturated heterocycles. The van der Waals surface area contributed by atoms with Gasteiger partial charge in [-0.15, -0.1) is 10.2 Å². The molecule has 2 atom stereocenters. The van der Waals surface area contributed by atoms with Crippen LogP contribution in [0.5, 0.6) is 5.75 Å². The number of ether oxygens (including phenoxy) is 2. The highest BCUT2D eigenvalue weighted by molar-refractivity contribution is 7.90. The van der Waals surface area contributed by atoms with E-state index in [1.807, 2.05) is 25.1 Å². The molecule has 1 aromatic heterocycles. The van der Waals surface area contributed by atoms with E-state index >= 15 is 0 Å². The molecule has 3 aromatic rings. The van der Waals surface area contributed by atoms with Crippen molar-refractivity contribution in [2.24, 2.45) is 0 Å². The van der Waals surface area contributed by atoms with Gasteiger partial charge in [0.15, 0.2) is 21.5 Å². The summed E-state index contributed by atoms with van der Waals surface area (Å²) in [6, 6.07) is 12.6. The quantitative estimate of drug-likeness (QED) is 0.489. The van der Waals surface area contributed by atoms with Crippen molar-refractivity contribution < 1.29 is 17.9 Å². The molecule has 32 heavy (non-hydrogen) atoms. The van der Waals surface area contributed by atoms with Crippen LogP contribution < -0.4 is 4.74 Å². The largest absolute Gasteiger partial charge is 0.495 e. The molecule has 0 unspecified atom stereocenters. The van der Waals surface area contributed by atoms with Gasteiger partial charge in [-0.2, -0.15) is 0 Å². The van der Waals surface area contributed by atoms with Gasteiger partial charge in [-0.05, 0) is 56.0 Å². The van der Waals surface area contributed by atoms with Crippen LogP contribution in [-0.2, 0) is 20.3 Å². The van der Waals surface area contributed by atoms with Crippen molar-refractivity contribution in [3.63, 3.8) is 0 Å². The summed E-state index contributed by atoms with van der Waals surface area (Å²) in [5.41, 5.74) is 2.28. The predicted molar refractivity (Wildman–Crippen MR) is 123 cm³/mol. The van der Waals surface area contributed by atoms with E-state index in [1.54, 1.807) is 42.9 Å². The number of hydrogen-bond donors (Lipinski definition) is 0. The first-order chi connectivity index (χ1) is 15.3. The molecule has 0 bridgehead atoms. The molecule has 0 aliphatic carbocycles. The number of hydrogen-bond acceptors (Lipinski definition) is 6. The van der Waals surface area contributed by atoms with Gasteiger partial charge in [0.25, 0.3) is 0 Å². The molecule has 2 aromatic carbocycles. The molecule has 4 rings (SSSR count). The van der Waals surface area contributed by atoms with Crippen molar-refractivity contribution >= 4 is 21.4 Å². The van der Waals surface area contributed by atoms with Crippen molar-refractivity contribution in [1.29, 1.82) is 0 Å². The van der Waals surface area contributed by atoms with Crippen LogP contribution >= 0.6 is 11.6 Å². The van der Waals surface area contributed by atoms with Crippen molar-refractivity contribution in [1.82, 2.24) is 14.8 Å². The highest BCUT2D eigenvalue weighted by Crippen LogP contribution is 2.35. The SMILES string of the molecule is COc1cccc(C)c1-n1c(CS(=O)(=O)[C@H](C)c2cccc(Cl)c2)nnc1[C@@H]1CCCO1. The van der Waals surface area contributed by atoms with Crippen LogP contribution in [0.15, 0.2) is 42.5 Å². The molecule has 2 heterocycles. The van der Waals surface area contributed by atoms with E-state index in [0.29, 0.717) is 34.6 Å². The van der Waals surface area contributed by atoms with Crippen LogP contribution in [0, 0.1) is 6.92 Å². The third-order valence-electron chi connectivity index (χ3n) is 5.80. The predicted octanol–water partition coefficient (Wildman–Crippen LogP) is 4.77. The molecule has 1 fully saturated rings. The van der Waals surface area contributed by atoms with E-state index in [0.717, 1.165) is 24.1 Å². The molecule has 0 saturated carbocycles. The van der Waals surface area contributed by atoms with Gasteiger partial charge >= 0.3 is 0 Å². The van der Waals surface area contributed by atoms with E-state index in [-0.39, 0.29) is 11.9 Å². The third-order valence-corrected chi connectivity index (χ3v) is 8.05. The third kappa shape index (κ3) is 4.40. The molecule has 0 amide bonds. The van der Waals surface area contributed by atoms with Crippen LogP contribution in [0.4, 0.5) is 0 Å². The summed E-state index contributed by atoms with van der Waals surface area (Å²) in [6.07, 6.45) is 1.48. The van der Waals surface area contributed by atoms with Crippen LogP contribution in [-0.4, -0.2) is 36.9 Å². The number of aryl methyl sites for hydroxylation is 1. The number of halogens is 1. The minimum atomic E-state index is -3.62. The number of benzene rings is 2. The molecule has 170 valence electrons. The maximum atomic E-state index is 13.4. The fourth-order valence-electron chi connectivity index (χ4n) is 4.01. The zero-order valence-electron chi connectivity index (χ0n) is 18.3. The number of nitrogens with zero attached hydrogens (tertiary/aromatic N) is 3. The first-order valence-electron chi connectivity index (χ1n) is 10.5. The molecular formula is C23H26ClN3O4S. The summed E-state index contributed by atoms with van der Waals surface area (Å²) < 4.78 is 40.0. The molecule has 0 N–H and O–H groups in total. The second kappa shape index (κ2) is 9.21. The summed E-state index contributed by atoms with van der Waals surface area (Å²) in [7, 11) is -2.03. The summed E-state index contributed by atoms with van der Waals surface area (Å²) in [6.45, 7) is 4.25. The molecule has 9 heteroatoms. The van der Waals surface area contributed by atoms with Crippen molar-refractivity contribution in [2.45, 2.75) is 43.8 Å². The van der Waals surface area contributed by atoms with Gasteiger partial charge < -0.3 is 9.47 Å². The second-order valence-electron chi connectivity index (χ2n) is 7.94. The van der Waals surface area contributed by atoms with E-state index in [4.69, 9.17) is 21.1 Å². The summed E-state index contributed by atoms with van der Waals surface area (Å²) >= 11 is 6.08. The van der Waals surface area contributed by atoms with Crippen LogP contribution in [0.3, 0.4) is 0 Å². The first kappa shape index (κ1) is 22.8. The van der Waals surface area contributed by atoms with Gasteiger partial charge in [0.05, 0.1) is 18.0 Å². The monoisotopic (exact) mass is 475 g/mol. The van der Waals surface area contributed by atoms with Crippen LogP contribution in [0.25, 0.3) is 5.69 Å². The Labute approximate surface area is 193 Å². The summed E-state index contributed by atoms with van der Waals surface area (Å²) in [5.74, 6) is 1.26. The standard InChI is InChI=1S/C23H26ClN3O4S/c1-15-7-4-10-19(30-3)22(15)27-21(25-26-23(27)20-11-6-12-31-20)14-32(28,29)16(2)17-8-5-9-18(24)13-17/h4-5,7-10,13,16,20H,6,11-12,14H2,1-3H3/t16-,20+/m1/s1. The molecule has 1 aliphatic heterocycles. The Bertz CT molecular complexity index is 1220. The number of methoxy groups -OCH3 is 1. The topological polar surface area (TPSA) is 83.3 Å². The van der Waals surface area contributed by atoms with Gasteiger partial charge in [0.1, 0.15) is 17.6 Å². The lowest BCUT2D eigenvalue weighted by molar-refractivity contribution is 0.103. The van der Waals surface area contributed by atoms with Crippen LogP contribution in [0.2, 0.25) is 5.02 Å². The second-order valence-corrected chi connectivity index (χ2v) is 10.7. The van der Waals surface area contributed by atoms with E-state index in [9.17, 15) is 8.42 Å². The maximum Gasteiger partial charge on any atom is 0.167 e. The average Bonchev–Trinajstić information content (AvgIpc) is 3.43. The number of aromatic nitrogens is 3. The lowest BCUT2D eigenvalue weighted by Crippen LogP contribution is -2.18. The van der Waals surface area contributed by atoms with E-state index in [2.05, 4.69) is 10.2 Å². The van der Waals surface area contributed by atoms with Gasteiger partial charge in [-0.3, -0.25) is 4.57 Å². The molecule has 1 aliphatic rings. The number of sulfone groups is 1. The summed E-state index contributed by atoms with van der Waals surface area (Å²) in [4.78, 5) is 0. The average molecular weight is 476 g/mol. The first-order valence-corrected chi connectivity index (χ1v) is 12.6. The number of rotatable bonds is 7. The van der Waals surface area contributed by atoms with E-state index in [1.165, 1.54) is 0 Å². The zero-order valence-corrected chi connectivity index (χ0v) is 19.9. The zero-order chi connectivity index (χ0) is 22.9. The Hall–Kier alpha value is -2.42. The van der Waals surface area contributed by atoms with Gasteiger partial charge in [0, 0.05) is 11.6 Å². The van der Waals surface area contributed by atoms with Gasteiger partial charge in [0.2, 0.25) is 0 Å². The van der Waals surface area contributed by atoms with Crippen LogP contribution in [0.1, 0.15) is 53.9 Å². The van der Waals surface area contributed by atoms with Crippen molar-refractivity contribution in [3.05, 3.63) is 70.3 Å². The highest BCUT2D eigenvalue weighted by Gasteiger charge is 2.32.